The highest BCUT2D eigenvalue weighted by molar-refractivity contribution is 5.76. The average Bonchev–Trinajstić information content (AvgIpc) is 3.04. The topological polar surface area (TPSA) is 108 Å². The van der Waals surface area contributed by atoms with Crippen molar-refractivity contribution in [3.63, 3.8) is 0 Å². The van der Waals surface area contributed by atoms with Crippen LogP contribution in [-0.4, -0.2) is 45.8 Å². The van der Waals surface area contributed by atoms with E-state index in [0.29, 0.717) is 13.0 Å². The molecule has 0 aliphatic carbocycles. The summed E-state index contributed by atoms with van der Waals surface area (Å²) in [6.07, 6.45) is 0.750. The quantitative estimate of drug-likeness (QED) is 0.864. The maximum Gasteiger partial charge on any atom is 0.410 e. The lowest BCUT2D eigenvalue weighted by Crippen LogP contribution is -2.36. The van der Waals surface area contributed by atoms with Crippen molar-refractivity contribution in [3.8, 4) is 11.9 Å². The van der Waals surface area contributed by atoms with Crippen molar-refractivity contribution < 1.29 is 18.7 Å². The number of ether oxygens (including phenoxy) is 2. The molecule has 1 N–H and O–H groups in total. The Morgan fingerprint density at radius 2 is 2.22 bits per heavy atom. The number of carbonyl (C=O) groups excluding carboxylic acids is 1. The predicted molar refractivity (Wildman–Crippen MR) is 93.9 cm³/mol. The van der Waals surface area contributed by atoms with Crippen LogP contribution in [0.5, 0.6) is 5.88 Å². The minimum atomic E-state index is -0.737. The van der Waals surface area contributed by atoms with Crippen LogP contribution in [0.15, 0.2) is 17.1 Å². The van der Waals surface area contributed by atoms with Gasteiger partial charge >= 0.3 is 6.09 Å². The summed E-state index contributed by atoms with van der Waals surface area (Å²) < 4.78 is 25.2. The van der Waals surface area contributed by atoms with Crippen LogP contribution in [0.4, 0.5) is 9.18 Å². The van der Waals surface area contributed by atoms with Crippen molar-refractivity contribution >= 4 is 17.1 Å². The average molecular weight is 374 g/mol. The third-order valence-corrected chi connectivity index (χ3v) is 3.97. The number of hydrogen-bond donors (Lipinski definition) is 1. The van der Waals surface area contributed by atoms with Crippen LogP contribution in [0.25, 0.3) is 11.0 Å². The summed E-state index contributed by atoms with van der Waals surface area (Å²) in [7, 11) is 0. The number of H-pyrrole nitrogens is 1. The van der Waals surface area contributed by atoms with Gasteiger partial charge < -0.3 is 19.4 Å². The number of rotatable bonds is 2. The van der Waals surface area contributed by atoms with Crippen molar-refractivity contribution in [2.45, 2.75) is 38.9 Å². The van der Waals surface area contributed by atoms with Crippen LogP contribution < -0.4 is 10.2 Å². The Morgan fingerprint density at radius 3 is 2.89 bits per heavy atom. The zero-order valence-corrected chi connectivity index (χ0v) is 15.2. The molecule has 9 heteroatoms. The van der Waals surface area contributed by atoms with E-state index in [1.807, 2.05) is 0 Å². The fraction of sp³-hybridized carbons (Fsp3) is 0.444. The zero-order valence-electron chi connectivity index (χ0n) is 15.2. The largest absolute Gasteiger partial charge is 0.470 e. The molecule has 0 saturated carbocycles. The normalized spacial score (nSPS) is 17.0. The lowest BCUT2D eigenvalue weighted by Gasteiger charge is -2.24. The van der Waals surface area contributed by atoms with Crippen molar-refractivity contribution in [1.29, 1.82) is 5.26 Å². The molecule has 0 unspecified atom stereocenters. The third-order valence-electron chi connectivity index (χ3n) is 3.97. The van der Waals surface area contributed by atoms with Crippen molar-refractivity contribution in [1.82, 2.24) is 14.9 Å². The van der Waals surface area contributed by atoms with Gasteiger partial charge in [-0.1, -0.05) is 0 Å². The Morgan fingerprint density at radius 1 is 1.48 bits per heavy atom. The first-order valence-corrected chi connectivity index (χ1v) is 8.44. The summed E-state index contributed by atoms with van der Waals surface area (Å²) >= 11 is 0. The molecule has 0 spiro atoms. The molecule has 3 heterocycles. The van der Waals surface area contributed by atoms with Gasteiger partial charge in [-0.25, -0.2) is 14.2 Å². The first kappa shape index (κ1) is 18.6. The van der Waals surface area contributed by atoms with Crippen molar-refractivity contribution in [3.05, 3.63) is 33.9 Å². The van der Waals surface area contributed by atoms with Gasteiger partial charge in [0.15, 0.2) is 5.82 Å². The fourth-order valence-electron chi connectivity index (χ4n) is 2.74. The van der Waals surface area contributed by atoms with Gasteiger partial charge in [0.2, 0.25) is 5.43 Å². The molecule has 1 saturated heterocycles. The van der Waals surface area contributed by atoms with Gasteiger partial charge in [0, 0.05) is 25.2 Å². The van der Waals surface area contributed by atoms with E-state index in [9.17, 15) is 14.0 Å². The number of nitrogens with zero attached hydrogens (tertiary/aromatic N) is 3. The molecule has 142 valence electrons. The number of fused-ring (bicyclic) bond motifs is 1. The Kier molecular flexibility index (Phi) is 4.74. The van der Waals surface area contributed by atoms with E-state index in [1.54, 1.807) is 26.8 Å². The third kappa shape index (κ3) is 4.00. The molecule has 1 aliphatic heterocycles. The number of aromatic nitrogens is 2. The Labute approximate surface area is 154 Å². The van der Waals surface area contributed by atoms with Crippen LogP contribution in [0.3, 0.4) is 0 Å². The molecule has 1 amide bonds. The minimum Gasteiger partial charge on any atom is -0.470 e. The summed E-state index contributed by atoms with van der Waals surface area (Å²) in [6, 6.07) is 2.85. The molecular formula is C18H19FN4O4. The summed E-state index contributed by atoms with van der Waals surface area (Å²) in [5.74, 6) is -1.07. The van der Waals surface area contributed by atoms with E-state index >= 15 is 0 Å². The predicted octanol–water partition coefficient (Wildman–Crippen LogP) is 2.32. The highest BCUT2D eigenvalue weighted by Crippen LogP contribution is 2.23. The molecule has 1 atom stereocenters. The lowest BCUT2D eigenvalue weighted by molar-refractivity contribution is 0.0274. The number of hydrogen-bond acceptors (Lipinski definition) is 6. The van der Waals surface area contributed by atoms with Crippen molar-refractivity contribution in [2.24, 2.45) is 0 Å². The van der Waals surface area contributed by atoms with Crippen molar-refractivity contribution in [2.75, 3.05) is 13.1 Å². The van der Waals surface area contributed by atoms with Gasteiger partial charge in [0.05, 0.1) is 12.1 Å². The first-order valence-electron chi connectivity index (χ1n) is 8.44. The zero-order chi connectivity index (χ0) is 19.8. The van der Waals surface area contributed by atoms with Gasteiger partial charge in [-0.05, 0) is 20.8 Å². The second-order valence-corrected chi connectivity index (χ2v) is 7.27. The molecule has 0 bridgehead atoms. The van der Waals surface area contributed by atoms with Crippen LogP contribution in [0.2, 0.25) is 0 Å². The van der Waals surface area contributed by atoms with E-state index < -0.39 is 29.0 Å². The number of carbonyl (C=O) groups is 1. The van der Waals surface area contributed by atoms with Crippen LogP contribution in [0.1, 0.15) is 32.8 Å². The van der Waals surface area contributed by atoms with Gasteiger partial charge in [-0.15, -0.1) is 0 Å². The second-order valence-electron chi connectivity index (χ2n) is 7.27. The number of pyridine rings is 2. The van der Waals surface area contributed by atoms with Crippen LogP contribution in [-0.2, 0) is 4.74 Å². The summed E-state index contributed by atoms with van der Waals surface area (Å²) in [4.78, 5) is 32.4. The number of nitrogens with one attached hydrogen (secondary N) is 1. The minimum absolute atomic E-state index is 0.0764. The molecule has 1 aliphatic rings. The highest BCUT2D eigenvalue weighted by Gasteiger charge is 2.31. The number of nitriles is 1. The second kappa shape index (κ2) is 6.87. The number of amides is 1. The summed E-state index contributed by atoms with van der Waals surface area (Å²) in [5, 5.41) is 8.94. The van der Waals surface area contributed by atoms with Gasteiger partial charge in [0.1, 0.15) is 28.9 Å². The molecule has 1 fully saturated rings. The monoisotopic (exact) mass is 374 g/mol. The number of likely N-dealkylation sites (tertiary alicyclic amines) is 1. The first-order chi connectivity index (χ1) is 12.7. The molecule has 0 radical (unpaired) electrons. The van der Waals surface area contributed by atoms with Gasteiger partial charge in [0.25, 0.3) is 5.88 Å². The van der Waals surface area contributed by atoms with E-state index in [0.717, 1.165) is 6.07 Å². The highest BCUT2D eigenvalue weighted by atomic mass is 19.1. The SMILES string of the molecule is CC(C)(C)OC(=O)N1CC[C@H](Oc2nc3c(=O)c(C#N)c[nH]c3cc2F)C1. The molecular weight excluding hydrogens is 355 g/mol. The van der Waals surface area contributed by atoms with Gasteiger partial charge in [-0.3, -0.25) is 4.79 Å². The number of halogens is 1. The van der Waals surface area contributed by atoms with Crippen LogP contribution >= 0.6 is 0 Å². The van der Waals surface area contributed by atoms with E-state index in [1.165, 1.54) is 11.1 Å². The van der Waals surface area contributed by atoms with E-state index in [-0.39, 0.29) is 29.0 Å². The molecule has 2 aromatic rings. The smallest absolute Gasteiger partial charge is 0.410 e. The van der Waals surface area contributed by atoms with E-state index in [4.69, 9.17) is 14.7 Å². The Bertz CT molecular complexity index is 990. The lowest BCUT2D eigenvalue weighted by atomic mass is 10.2. The molecule has 8 nitrogen and oxygen atoms in total. The molecule has 27 heavy (non-hydrogen) atoms. The molecule has 3 rings (SSSR count). The molecule has 2 aromatic heterocycles. The summed E-state index contributed by atoms with van der Waals surface area (Å²) in [5.41, 5.74) is -1.23. The maximum atomic E-state index is 14.3. The Hall–Kier alpha value is -3.15. The fourth-order valence-corrected chi connectivity index (χ4v) is 2.74. The maximum absolute atomic E-state index is 14.3. The van der Waals surface area contributed by atoms with Crippen LogP contribution in [0, 0.1) is 17.1 Å². The molecule has 0 aromatic carbocycles. The standard InChI is InChI=1S/C18H19FN4O4/c1-18(2,3)27-17(25)23-5-4-11(9-23)26-16-12(19)6-13-14(22-16)15(24)10(7-20)8-21-13/h6,8,11H,4-5,9H2,1-3H3,(H,21,24)/t11-/m0/s1. The Balaban J connectivity index is 1.78. The number of aromatic amines is 1. The summed E-state index contributed by atoms with van der Waals surface area (Å²) in [6.45, 7) is 5.96. The van der Waals surface area contributed by atoms with Gasteiger partial charge in [-0.2, -0.15) is 5.26 Å². The van der Waals surface area contributed by atoms with E-state index in [2.05, 4.69) is 9.97 Å².